The molecule has 112 valence electrons. The number of nitrogens with one attached hydrogen (secondary N) is 1. The van der Waals surface area contributed by atoms with Crippen LogP contribution in [0.2, 0.25) is 0 Å². The minimum atomic E-state index is -0.0438. The maximum Gasteiger partial charge on any atom is 0.268 e. The lowest BCUT2D eigenvalue weighted by molar-refractivity contribution is 0.0923. The fraction of sp³-hybridized carbons (Fsp3) is 0.353. The van der Waals surface area contributed by atoms with Crippen LogP contribution in [0.5, 0.6) is 0 Å². The molecule has 0 aliphatic carbocycles. The summed E-state index contributed by atoms with van der Waals surface area (Å²) >= 11 is 3.40. The van der Waals surface area contributed by atoms with Crippen molar-refractivity contribution in [3.8, 4) is 0 Å². The zero-order chi connectivity index (χ0) is 15.4. The standard InChI is InChI=1S/C17H21BrN2O/c1-12(2)9-15(13-7-5-4-6-8-13)19-17(21)16-10-14(18)11-20(16)3/h4-8,10-12,15H,9H2,1-3H3,(H,19,21). The lowest BCUT2D eigenvalue weighted by Gasteiger charge is -2.21. The van der Waals surface area contributed by atoms with Crippen LogP contribution in [0.4, 0.5) is 0 Å². The van der Waals surface area contributed by atoms with E-state index in [-0.39, 0.29) is 11.9 Å². The van der Waals surface area contributed by atoms with E-state index in [9.17, 15) is 4.79 Å². The minimum absolute atomic E-state index is 0.0346. The van der Waals surface area contributed by atoms with Gasteiger partial charge >= 0.3 is 0 Å². The van der Waals surface area contributed by atoms with Crippen molar-refractivity contribution in [2.45, 2.75) is 26.3 Å². The SMILES string of the molecule is CC(C)CC(NC(=O)c1cc(Br)cn1C)c1ccccc1. The molecule has 2 aromatic rings. The van der Waals surface area contributed by atoms with Crippen LogP contribution in [0, 0.1) is 5.92 Å². The highest BCUT2D eigenvalue weighted by Crippen LogP contribution is 2.22. The molecule has 21 heavy (non-hydrogen) atoms. The molecule has 0 fully saturated rings. The van der Waals surface area contributed by atoms with Gasteiger partial charge in [0.25, 0.3) is 5.91 Å². The second kappa shape index (κ2) is 6.94. The van der Waals surface area contributed by atoms with Gasteiger partial charge in [-0.25, -0.2) is 0 Å². The number of nitrogens with zero attached hydrogens (tertiary/aromatic N) is 1. The zero-order valence-corrected chi connectivity index (χ0v) is 14.2. The summed E-state index contributed by atoms with van der Waals surface area (Å²) in [4.78, 5) is 12.5. The van der Waals surface area contributed by atoms with E-state index in [4.69, 9.17) is 0 Å². The van der Waals surface area contributed by atoms with Gasteiger partial charge in [-0.15, -0.1) is 0 Å². The smallest absolute Gasteiger partial charge is 0.268 e. The van der Waals surface area contributed by atoms with Crippen LogP contribution in [0.3, 0.4) is 0 Å². The van der Waals surface area contributed by atoms with Crippen LogP contribution < -0.4 is 5.32 Å². The first kappa shape index (κ1) is 15.8. The third kappa shape index (κ3) is 4.21. The number of aryl methyl sites for hydroxylation is 1. The van der Waals surface area contributed by atoms with Crippen molar-refractivity contribution >= 4 is 21.8 Å². The summed E-state index contributed by atoms with van der Waals surface area (Å²) in [5.74, 6) is 0.466. The Kier molecular flexibility index (Phi) is 5.23. The van der Waals surface area contributed by atoms with Crippen molar-refractivity contribution in [2.24, 2.45) is 13.0 Å². The van der Waals surface area contributed by atoms with Gasteiger partial charge in [0.05, 0.1) is 6.04 Å². The number of aromatic nitrogens is 1. The molecule has 2 rings (SSSR count). The molecule has 4 heteroatoms. The molecule has 0 bridgehead atoms. The van der Waals surface area contributed by atoms with Gasteiger partial charge in [-0.05, 0) is 39.9 Å². The first-order chi connectivity index (χ1) is 9.97. The van der Waals surface area contributed by atoms with Gasteiger partial charge in [0, 0.05) is 17.7 Å². The number of amides is 1. The van der Waals surface area contributed by atoms with Crippen LogP contribution in [0.25, 0.3) is 0 Å². The molecule has 1 amide bonds. The molecule has 1 heterocycles. The second-order valence-corrected chi connectivity index (χ2v) is 6.64. The fourth-order valence-corrected chi connectivity index (χ4v) is 2.94. The van der Waals surface area contributed by atoms with Gasteiger partial charge in [-0.3, -0.25) is 4.79 Å². The Bertz CT molecular complexity index is 605. The van der Waals surface area contributed by atoms with Gasteiger partial charge in [0.15, 0.2) is 0 Å². The first-order valence-corrected chi connectivity index (χ1v) is 7.94. The highest BCUT2D eigenvalue weighted by molar-refractivity contribution is 9.10. The summed E-state index contributed by atoms with van der Waals surface area (Å²) in [6.45, 7) is 4.34. The van der Waals surface area contributed by atoms with Crippen LogP contribution in [0.1, 0.15) is 42.4 Å². The molecule has 0 radical (unpaired) electrons. The summed E-state index contributed by atoms with van der Waals surface area (Å²) in [6.07, 6.45) is 2.80. The van der Waals surface area contributed by atoms with E-state index < -0.39 is 0 Å². The average molecular weight is 349 g/mol. The summed E-state index contributed by atoms with van der Waals surface area (Å²) in [5.41, 5.74) is 1.80. The third-order valence-corrected chi connectivity index (χ3v) is 3.85. The van der Waals surface area contributed by atoms with E-state index in [2.05, 4.69) is 47.2 Å². The van der Waals surface area contributed by atoms with Crippen molar-refractivity contribution in [1.29, 1.82) is 0 Å². The van der Waals surface area contributed by atoms with Crippen LogP contribution in [0.15, 0.2) is 47.1 Å². The van der Waals surface area contributed by atoms with E-state index in [1.165, 1.54) is 0 Å². The van der Waals surface area contributed by atoms with Crippen molar-refractivity contribution < 1.29 is 4.79 Å². The molecule has 1 atom stereocenters. The minimum Gasteiger partial charge on any atom is -0.345 e. The second-order valence-electron chi connectivity index (χ2n) is 5.72. The predicted octanol–water partition coefficient (Wildman–Crippen LogP) is 4.30. The van der Waals surface area contributed by atoms with Gasteiger partial charge in [-0.2, -0.15) is 0 Å². The van der Waals surface area contributed by atoms with E-state index in [1.807, 2.05) is 42.1 Å². The van der Waals surface area contributed by atoms with Gasteiger partial charge in [-0.1, -0.05) is 44.2 Å². The summed E-state index contributed by atoms with van der Waals surface area (Å²) in [6, 6.07) is 12.0. The van der Waals surface area contributed by atoms with Crippen LogP contribution in [-0.2, 0) is 7.05 Å². The molecule has 1 unspecified atom stereocenters. The Balaban J connectivity index is 2.19. The molecule has 0 aliphatic heterocycles. The normalized spacial score (nSPS) is 12.4. The average Bonchev–Trinajstić information content (AvgIpc) is 2.77. The van der Waals surface area contributed by atoms with Crippen LogP contribution >= 0.6 is 15.9 Å². The Hall–Kier alpha value is -1.55. The van der Waals surface area contributed by atoms with Crippen molar-refractivity contribution in [3.63, 3.8) is 0 Å². The van der Waals surface area contributed by atoms with Gasteiger partial charge in [0.1, 0.15) is 5.69 Å². The van der Waals surface area contributed by atoms with Crippen LogP contribution in [-0.4, -0.2) is 10.5 Å². The molecule has 0 aliphatic rings. The predicted molar refractivity (Wildman–Crippen MR) is 89.2 cm³/mol. The number of hydrogen-bond acceptors (Lipinski definition) is 1. The number of benzene rings is 1. The number of carbonyl (C=O) groups is 1. The van der Waals surface area contributed by atoms with E-state index in [0.29, 0.717) is 11.6 Å². The highest BCUT2D eigenvalue weighted by Gasteiger charge is 2.18. The maximum absolute atomic E-state index is 12.5. The Morgan fingerprint density at radius 1 is 1.29 bits per heavy atom. The quantitative estimate of drug-likeness (QED) is 0.858. The zero-order valence-electron chi connectivity index (χ0n) is 12.6. The molecule has 1 aromatic heterocycles. The molecule has 1 N–H and O–H groups in total. The number of rotatable bonds is 5. The number of carbonyl (C=O) groups excluding carboxylic acids is 1. The Labute approximate surface area is 134 Å². The van der Waals surface area contributed by atoms with Crippen molar-refractivity contribution in [2.75, 3.05) is 0 Å². The lowest BCUT2D eigenvalue weighted by Crippen LogP contribution is -2.30. The maximum atomic E-state index is 12.5. The molecule has 3 nitrogen and oxygen atoms in total. The Morgan fingerprint density at radius 2 is 1.95 bits per heavy atom. The summed E-state index contributed by atoms with van der Waals surface area (Å²) in [5, 5.41) is 3.15. The molecule has 0 spiro atoms. The monoisotopic (exact) mass is 348 g/mol. The molecular formula is C17H21BrN2O. The van der Waals surface area contributed by atoms with Crippen molar-refractivity contribution in [1.82, 2.24) is 9.88 Å². The third-order valence-electron chi connectivity index (χ3n) is 3.42. The van der Waals surface area contributed by atoms with E-state index in [0.717, 1.165) is 16.5 Å². The van der Waals surface area contributed by atoms with Crippen molar-refractivity contribution in [3.05, 3.63) is 58.3 Å². The summed E-state index contributed by atoms with van der Waals surface area (Å²) in [7, 11) is 1.87. The number of halogens is 1. The highest BCUT2D eigenvalue weighted by atomic mass is 79.9. The largest absolute Gasteiger partial charge is 0.345 e. The topological polar surface area (TPSA) is 34.0 Å². The van der Waals surface area contributed by atoms with E-state index in [1.54, 1.807) is 0 Å². The lowest BCUT2D eigenvalue weighted by atomic mass is 9.97. The van der Waals surface area contributed by atoms with E-state index >= 15 is 0 Å². The number of hydrogen-bond donors (Lipinski definition) is 1. The molecule has 1 aromatic carbocycles. The molecular weight excluding hydrogens is 328 g/mol. The first-order valence-electron chi connectivity index (χ1n) is 7.15. The summed E-state index contributed by atoms with van der Waals surface area (Å²) < 4.78 is 2.74. The van der Waals surface area contributed by atoms with Gasteiger partial charge < -0.3 is 9.88 Å². The fourth-order valence-electron chi connectivity index (χ4n) is 2.42. The Morgan fingerprint density at radius 3 is 2.48 bits per heavy atom. The van der Waals surface area contributed by atoms with Gasteiger partial charge in [0.2, 0.25) is 0 Å². The molecule has 0 saturated carbocycles. The molecule has 0 saturated heterocycles.